The van der Waals surface area contributed by atoms with E-state index in [-0.39, 0.29) is 5.01 Å². The first-order valence-electron chi connectivity index (χ1n) is 3.03. The molecule has 13 heavy (non-hydrogen) atoms. The van der Waals surface area contributed by atoms with Crippen molar-refractivity contribution < 1.29 is 23.0 Å². The molecule has 1 aliphatic rings. The number of rotatable bonds is 3. The largest absolute Gasteiger partial charge is 0.241 e. The van der Waals surface area contributed by atoms with Crippen LogP contribution in [0.25, 0.3) is 0 Å². The number of hydrogen-bond donors (Lipinski definition) is 0. The maximum absolute atomic E-state index is 11.9. The number of halogens is 4. The number of hydrazine groups is 1. The quantitative estimate of drug-likeness (QED) is 0.218. The lowest BCUT2D eigenvalue weighted by atomic mass is 10.1. The van der Waals surface area contributed by atoms with Crippen LogP contribution in [0.4, 0.5) is 17.9 Å². The third-order valence-electron chi connectivity index (χ3n) is 1.73. The van der Waals surface area contributed by atoms with E-state index in [1.807, 2.05) is 0 Å². The lowest BCUT2D eigenvalue weighted by Crippen LogP contribution is -2.72. The molecular weight excluding hydrogens is 200 g/mol. The molecule has 0 unspecified atom stereocenters. The molecule has 0 radical (unpaired) electrons. The van der Waals surface area contributed by atoms with E-state index in [9.17, 15) is 28.0 Å². The van der Waals surface area contributed by atoms with Crippen molar-refractivity contribution >= 4 is 0 Å². The zero-order chi connectivity index (χ0) is 10.2. The van der Waals surface area contributed by atoms with Crippen LogP contribution in [0.15, 0.2) is 0 Å². The van der Waals surface area contributed by atoms with Crippen LogP contribution in [0.3, 0.4) is 0 Å². The first-order chi connectivity index (χ1) is 5.90. The fourth-order valence-electron chi connectivity index (χ4n) is 0.925. The van der Waals surface area contributed by atoms with Crippen molar-refractivity contribution in [3.05, 3.63) is 10.1 Å². The summed E-state index contributed by atoms with van der Waals surface area (Å²) in [6.07, 6.45) is 0. The molecule has 1 aliphatic heterocycles. The number of hydrogen-bond acceptors (Lipinski definition) is 4. The predicted molar refractivity (Wildman–Crippen MR) is 29.4 cm³/mol. The van der Waals surface area contributed by atoms with Crippen molar-refractivity contribution in [2.24, 2.45) is 0 Å². The summed E-state index contributed by atoms with van der Waals surface area (Å²) >= 11 is 0. The van der Waals surface area contributed by atoms with Crippen molar-refractivity contribution in [2.45, 2.75) is 5.66 Å². The smallest absolute Gasteiger partial charge is 0.235 e. The van der Waals surface area contributed by atoms with E-state index < -0.39 is 34.5 Å². The van der Waals surface area contributed by atoms with Crippen molar-refractivity contribution in [3.8, 4) is 0 Å². The third kappa shape index (κ3) is 1.37. The molecule has 0 aromatic heterocycles. The van der Waals surface area contributed by atoms with Crippen molar-refractivity contribution in [1.29, 1.82) is 0 Å². The lowest BCUT2D eigenvalue weighted by Gasteiger charge is -2.42. The molecule has 1 rings (SSSR count). The van der Waals surface area contributed by atoms with Gasteiger partial charge >= 0.3 is 0 Å². The Kier molecular flexibility index (Phi) is 2.26. The molecule has 1 heterocycles. The van der Waals surface area contributed by atoms with Gasteiger partial charge in [-0.2, -0.15) is 0 Å². The second-order valence-electron chi connectivity index (χ2n) is 2.51. The fraction of sp³-hybridized carbons (Fsp3) is 1.00. The van der Waals surface area contributed by atoms with Crippen LogP contribution >= 0.6 is 0 Å². The standard InChI is InChI=1S/C3H4F4N4O2/c4-9(5)3(10(6)7)1-8(2-3)11(12)13/h1-2H2. The third-order valence-corrected chi connectivity index (χ3v) is 1.73. The van der Waals surface area contributed by atoms with Crippen LogP contribution < -0.4 is 0 Å². The highest BCUT2D eigenvalue weighted by molar-refractivity contribution is 4.91. The number of nitro groups is 1. The summed E-state index contributed by atoms with van der Waals surface area (Å²) in [7, 11) is 0. The van der Waals surface area contributed by atoms with E-state index in [1.54, 1.807) is 0 Å². The average Bonchev–Trinajstić information content (AvgIpc) is 1.80. The van der Waals surface area contributed by atoms with Gasteiger partial charge in [0.2, 0.25) is 5.66 Å². The van der Waals surface area contributed by atoms with Crippen LogP contribution in [0.2, 0.25) is 0 Å². The summed E-state index contributed by atoms with van der Waals surface area (Å²) in [5.41, 5.74) is -2.84. The van der Waals surface area contributed by atoms with Gasteiger partial charge in [0.1, 0.15) is 13.1 Å². The topological polar surface area (TPSA) is 52.9 Å². The van der Waals surface area contributed by atoms with Gasteiger partial charge in [0, 0.05) is 0 Å². The Balaban J connectivity index is 2.63. The highest BCUT2D eigenvalue weighted by Crippen LogP contribution is 2.33. The molecule has 0 atom stereocenters. The maximum atomic E-state index is 11.9. The summed E-state index contributed by atoms with van der Waals surface area (Å²) < 4.78 is 47.5. The van der Waals surface area contributed by atoms with Crippen LogP contribution in [-0.4, -0.2) is 39.5 Å². The maximum Gasteiger partial charge on any atom is 0.241 e. The molecule has 0 spiro atoms. The molecule has 10 heteroatoms. The second kappa shape index (κ2) is 2.96. The SMILES string of the molecule is O=[N+]([O-])N1CC(N(F)F)(N(F)F)C1. The highest BCUT2D eigenvalue weighted by Gasteiger charge is 2.61. The number of nitrogens with zero attached hydrogens (tertiary/aromatic N) is 4. The Labute approximate surface area is 68.8 Å². The van der Waals surface area contributed by atoms with E-state index >= 15 is 0 Å². The van der Waals surface area contributed by atoms with Gasteiger partial charge in [0.25, 0.3) is 0 Å². The minimum Gasteiger partial charge on any atom is -0.235 e. The summed E-state index contributed by atoms with van der Waals surface area (Å²) in [6, 6.07) is 0. The Hall–Kier alpha value is -1.16. The summed E-state index contributed by atoms with van der Waals surface area (Å²) in [6.45, 7) is -2.08. The fourth-order valence-corrected chi connectivity index (χ4v) is 0.925. The van der Waals surface area contributed by atoms with E-state index in [0.29, 0.717) is 0 Å². The van der Waals surface area contributed by atoms with Crippen molar-refractivity contribution in [3.63, 3.8) is 0 Å². The molecular formula is C3H4F4N4O2. The molecule has 0 amide bonds. The van der Waals surface area contributed by atoms with Crippen LogP contribution in [0.1, 0.15) is 0 Å². The second-order valence-corrected chi connectivity index (χ2v) is 2.51. The Morgan fingerprint density at radius 3 is 1.85 bits per heavy atom. The molecule has 0 bridgehead atoms. The monoisotopic (exact) mass is 204 g/mol. The summed E-state index contributed by atoms with van der Waals surface area (Å²) in [5.74, 6) is 0. The van der Waals surface area contributed by atoms with Crippen LogP contribution in [0.5, 0.6) is 0 Å². The molecule has 0 aromatic carbocycles. The van der Waals surface area contributed by atoms with E-state index in [4.69, 9.17) is 0 Å². The van der Waals surface area contributed by atoms with Crippen LogP contribution in [-0.2, 0) is 0 Å². The molecule has 0 aliphatic carbocycles. The van der Waals surface area contributed by atoms with Crippen LogP contribution in [0, 0.1) is 10.1 Å². The van der Waals surface area contributed by atoms with Gasteiger partial charge in [-0.05, 0) is 0 Å². The summed E-state index contributed by atoms with van der Waals surface area (Å²) in [4.78, 5) is 9.92. The van der Waals surface area contributed by atoms with Gasteiger partial charge in [-0.25, -0.2) is 10.1 Å². The van der Waals surface area contributed by atoms with Gasteiger partial charge in [-0.3, -0.25) is 0 Å². The average molecular weight is 204 g/mol. The zero-order valence-corrected chi connectivity index (χ0v) is 6.03. The molecule has 0 aromatic rings. The Bertz CT molecular complexity index is 207. The van der Waals surface area contributed by atoms with Crippen molar-refractivity contribution in [2.75, 3.05) is 13.1 Å². The lowest BCUT2D eigenvalue weighted by molar-refractivity contribution is -0.691. The molecule has 0 saturated carbocycles. The minimum atomic E-state index is -2.84. The molecule has 6 nitrogen and oxygen atoms in total. The Morgan fingerprint density at radius 1 is 1.23 bits per heavy atom. The normalized spacial score (nSPS) is 20.6. The van der Waals surface area contributed by atoms with E-state index in [0.717, 1.165) is 0 Å². The van der Waals surface area contributed by atoms with Gasteiger partial charge in [-0.15, -0.1) is 5.01 Å². The first-order valence-corrected chi connectivity index (χ1v) is 3.03. The molecule has 0 N–H and O–H groups in total. The minimum absolute atomic E-state index is 0.262. The summed E-state index contributed by atoms with van der Waals surface area (Å²) in [5, 5.41) is 5.71. The van der Waals surface area contributed by atoms with Gasteiger partial charge in [0.05, 0.1) is 10.7 Å². The predicted octanol–water partition coefficient (Wildman–Crippen LogP) is 0.332. The molecule has 1 fully saturated rings. The van der Waals surface area contributed by atoms with Gasteiger partial charge in [0.15, 0.2) is 5.03 Å². The molecule has 76 valence electrons. The van der Waals surface area contributed by atoms with Gasteiger partial charge < -0.3 is 0 Å². The van der Waals surface area contributed by atoms with E-state index in [2.05, 4.69) is 0 Å². The zero-order valence-electron chi connectivity index (χ0n) is 6.03. The first kappa shape index (κ1) is 9.92. The van der Waals surface area contributed by atoms with Gasteiger partial charge in [-0.1, -0.05) is 17.9 Å². The van der Waals surface area contributed by atoms with Crippen molar-refractivity contribution in [1.82, 2.24) is 15.7 Å². The van der Waals surface area contributed by atoms with E-state index in [1.165, 1.54) is 0 Å². The highest BCUT2D eigenvalue weighted by atomic mass is 19.4. The molecule has 1 saturated heterocycles. The Morgan fingerprint density at radius 2 is 1.62 bits per heavy atom.